The zero-order valence-electron chi connectivity index (χ0n) is 9.23. The van der Waals surface area contributed by atoms with Crippen molar-refractivity contribution in [3.8, 4) is 0 Å². The average molecular weight is 253 g/mol. The molecule has 0 bridgehead atoms. The topological polar surface area (TPSA) is 55.2 Å². The standard InChI is InChI=1S/C12H13ClN2O2/c13-12-6-5-11(15(16)17)7-9(12)8-14-10-3-1-2-4-10/h1-2,5-7,10,14H,3-4,8H2. The molecule has 0 spiro atoms. The number of hydrogen-bond donors (Lipinski definition) is 1. The summed E-state index contributed by atoms with van der Waals surface area (Å²) in [6, 6.07) is 4.94. The van der Waals surface area contributed by atoms with E-state index in [-0.39, 0.29) is 5.69 Å². The highest BCUT2D eigenvalue weighted by Gasteiger charge is 2.12. The van der Waals surface area contributed by atoms with Crippen molar-refractivity contribution >= 4 is 17.3 Å². The molecule has 0 atom stereocenters. The molecular weight excluding hydrogens is 240 g/mol. The monoisotopic (exact) mass is 252 g/mol. The molecule has 1 N–H and O–H groups in total. The van der Waals surface area contributed by atoms with E-state index >= 15 is 0 Å². The summed E-state index contributed by atoms with van der Waals surface area (Å²) in [5.74, 6) is 0. The van der Waals surface area contributed by atoms with Crippen molar-refractivity contribution < 1.29 is 4.92 Å². The molecule has 1 aromatic carbocycles. The number of nitrogens with one attached hydrogen (secondary N) is 1. The van der Waals surface area contributed by atoms with Crippen LogP contribution in [0.3, 0.4) is 0 Å². The minimum Gasteiger partial charge on any atom is -0.309 e. The van der Waals surface area contributed by atoms with Crippen molar-refractivity contribution in [1.29, 1.82) is 0 Å². The molecule has 0 radical (unpaired) electrons. The van der Waals surface area contributed by atoms with E-state index in [0.717, 1.165) is 18.4 Å². The van der Waals surface area contributed by atoms with Crippen molar-refractivity contribution in [2.24, 2.45) is 0 Å². The SMILES string of the molecule is O=[N+]([O-])c1ccc(Cl)c(CNC2CC=CC2)c1. The normalized spacial score (nSPS) is 15.4. The second-order valence-electron chi connectivity index (χ2n) is 4.05. The van der Waals surface area contributed by atoms with E-state index in [1.807, 2.05) is 0 Å². The lowest BCUT2D eigenvalue weighted by Crippen LogP contribution is -2.25. The molecule has 0 saturated carbocycles. The lowest BCUT2D eigenvalue weighted by atomic mass is 10.1. The fourth-order valence-corrected chi connectivity index (χ4v) is 2.03. The molecule has 17 heavy (non-hydrogen) atoms. The first-order valence-electron chi connectivity index (χ1n) is 5.48. The molecular formula is C12H13ClN2O2. The van der Waals surface area contributed by atoms with E-state index in [4.69, 9.17) is 11.6 Å². The summed E-state index contributed by atoms with van der Waals surface area (Å²) in [6.45, 7) is 0.562. The number of nitro groups is 1. The van der Waals surface area contributed by atoms with E-state index in [9.17, 15) is 10.1 Å². The summed E-state index contributed by atoms with van der Waals surface area (Å²) in [6.07, 6.45) is 6.28. The van der Waals surface area contributed by atoms with Crippen LogP contribution in [0.2, 0.25) is 5.02 Å². The molecule has 0 aromatic heterocycles. The molecule has 2 rings (SSSR count). The second-order valence-corrected chi connectivity index (χ2v) is 4.46. The molecule has 5 heteroatoms. The van der Waals surface area contributed by atoms with Crippen LogP contribution in [0.4, 0.5) is 5.69 Å². The predicted octanol–water partition coefficient (Wildman–Crippen LogP) is 3.06. The number of nitro benzene ring substituents is 1. The van der Waals surface area contributed by atoms with Gasteiger partial charge in [-0.1, -0.05) is 23.8 Å². The van der Waals surface area contributed by atoms with Crippen LogP contribution in [0.25, 0.3) is 0 Å². The summed E-state index contributed by atoms with van der Waals surface area (Å²) in [5, 5.41) is 14.6. The van der Waals surface area contributed by atoms with Crippen LogP contribution < -0.4 is 5.32 Å². The summed E-state index contributed by atoms with van der Waals surface area (Å²) in [4.78, 5) is 10.3. The minimum atomic E-state index is -0.406. The van der Waals surface area contributed by atoms with Crippen LogP contribution in [0.15, 0.2) is 30.4 Å². The molecule has 0 saturated heterocycles. The minimum absolute atomic E-state index is 0.0794. The molecule has 0 heterocycles. The van der Waals surface area contributed by atoms with E-state index in [1.165, 1.54) is 12.1 Å². The van der Waals surface area contributed by atoms with Gasteiger partial charge in [-0.15, -0.1) is 0 Å². The smallest absolute Gasteiger partial charge is 0.269 e. The van der Waals surface area contributed by atoms with Gasteiger partial charge in [-0.3, -0.25) is 10.1 Å². The highest BCUT2D eigenvalue weighted by atomic mass is 35.5. The Labute approximate surface area is 104 Å². The van der Waals surface area contributed by atoms with Crippen molar-refractivity contribution in [1.82, 2.24) is 5.32 Å². The molecule has 90 valence electrons. The fraction of sp³-hybridized carbons (Fsp3) is 0.333. The highest BCUT2D eigenvalue weighted by molar-refractivity contribution is 6.31. The lowest BCUT2D eigenvalue weighted by molar-refractivity contribution is -0.384. The Kier molecular flexibility index (Phi) is 3.76. The Morgan fingerprint density at radius 2 is 2.12 bits per heavy atom. The Hall–Kier alpha value is -1.39. The van der Waals surface area contributed by atoms with E-state index in [1.54, 1.807) is 6.07 Å². The number of nitrogens with zero attached hydrogens (tertiary/aromatic N) is 1. The van der Waals surface area contributed by atoms with Gasteiger partial charge in [-0.2, -0.15) is 0 Å². The van der Waals surface area contributed by atoms with Crippen LogP contribution in [-0.4, -0.2) is 11.0 Å². The van der Waals surface area contributed by atoms with Crippen LogP contribution in [-0.2, 0) is 6.54 Å². The van der Waals surface area contributed by atoms with Gasteiger partial charge in [0, 0.05) is 29.7 Å². The third-order valence-electron chi connectivity index (χ3n) is 2.83. The summed E-state index contributed by atoms with van der Waals surface area (Å²) >= 11 is 6.01. The third kappa shape index (κ3) is 3.05. The largest absolute Gasteiger partial charge is 0.309 e. The van der Waals surface area contributed by atoms with Gasteiger partial charge in [0.05, 0.1) is 4.92 Å². The number of hydrogen-bond acceptors (Lipinski definition) is 3. The van der Waals surface area contributed by atoms with E-state index in [2.05, 4.69) is 17.5 Å². The lowest BCUT2D eigenvalue weighted by Gasteiger charge is -2.12. The Morgan fingerprint density at radius 3 is 2.76 bits per heavy atom. The molecule has 4 nitrogen and oxygen atoms in total. The second kappa shape index (κ2) is 5.29. The quantitative estimate of drug-likeness (QED) is 0.509. The zero-order valence-corrected chi connectivity index (χ0v) is 9.98. The van der Waals surface area contributed by atoms with Gasteiger partial charge in [-0.05, 0) is 24.5 Å². The maximum absolute atomic E-state index is 10.7. The first-order chi connectivity index (χ1) is 8.16. The van der Waals surface area contributed by atoms with Gasteiger partial charge in [-0.25, -0.2) is 0 Å². The molecule has 1 aliphatic carbocycles. The Morgan fingerprint density at radius 1 is 1.41 bits per heavy atom. The number of benzene rings is 1. The van der Waals surface area contributed by atoms with Gasteiger partial charge >= 0.3 is 0 Å². The molecule has 0 fully saturated rings. The van der Waals surface area contributed by atoms with Crippen molar-refractivity contribution in [3.63, 3.8) is 0 Å². The number of non-ortho nitro benzene ring substituents is 1. The first-order valence-corrected chi connectivity index (χ1v) is 5.86. The maximum atomic E-state index is 10.7. The molecule has 0 amide bonds. The van der Waals surface area contributed by atoms with Crippen molar-refractivity contribution in [2.45, 2.75) is 25.4 Å². The van der Waals surface area contributed by atoms with Gasteiger partial charge in [0.15, 0.2) is 0 Å². The van der Waals surface area contributed by atoms with Gasteiger partial charge in [0.25, 0.3) is 5.69 Å². The van der Waals surface area contributed by atoms with Crippen LogP contribution in [0.1, 0.15) is 18.4 Å². The number of halogens is 1. The third-order valence-corrected chi connectivity index (χ3v) is 3.20. The van der Waals surface area contributed by atoms with Gasteiger partial charge < -0.3 is 5.32 Å². The fourth-order valence-electron chi connectivity index (χ4n) is 1.85. The van der Waals surface area contributed by atoms with Crippen molar-refractivity contribution in [3.05, 3.63) is 51.1 Å². The van der Waals surface area contributed by atoms with Gasteiger partial charge in [0.1, 0.15) is 0 Å². The molecule has 1 aliphatic rings. The van der Waals surface area contributed by atoms with Crippen LogP contribution in [0.5, 0.6) is 0 Å². The summed E-state index contributed by atoms with van der Waals surface area (Å²) in [5.41, 5.74) is 0.850. The van der Waals surface area contributed by atoms with E-state index < -0.39 is 4.92 Å². The Bertz CT molecular complexity index is 452. The highest BCUT2D eigenvalue weighted by Crippen LogP contribution is 2.22. The summed E-state index contributed by atoms with van der Waals surface area (Å²) < 4.78 is 0. The summed E-state index contributed by atoms with van der Waals surface area (Å²) in [7, 11) is 0. The molecule has 0 aliphatic heterocycles. The zero-order chi connectivity index (χ0) is 12.3. The Balaban J connectivity index is 2.03. The molecule has 1 aromatic rings. The number of rotatable bonds is 4. The molecule has 0 unspecified atom stereocenters. The maximum Gasteiger partial charge on any atom is 0.269 e. The van der Waals surface area contributed by atoms with Crippen molar-refractivity contribution in [2.75, 3.05) is 0 Å². The average Bonchev–Trinajstić information content (AvgIpc) is 2.80. The van der Waals surface area contributed by atoms with Crippen LogP contribution in [0, 0.1) is 10.1 Å². The van der Waals surface area contributed by atoms with Gasteiger partial charge in [0.2, 0.25) is 0 Å². The first kappa shape index (κ1) is 12.1. The van der Waals surface area contributed by atoms with E-state index in [0.29, 0.717) is 17.6 Å². The predicted molar refractivity (Wildman–Crippen MR) is 67.1 cm³/mol. The van der Waals surface area contributed by atoms with Crippen LogP contribution >= 0.6 is 11.6 Å².